The van der Waals surface area contributed by atoms with Gasteiger partial charge in [-0.2, -0.15) is 0 Å². The lowest BCUT2D eigenvalue weighted by molar-refractivity contribution is -0.143. The number of amides is 3. The quantitative estimate of drug-likeness (QED) is 0.667. The van der Waals surface area contributed by atoms with Gasteiger partial charge in [-0.15, -0.1) is 0 Å². The van der Waals surface area contributed by atoms with Crippen molar-refractivity contribution in [2.45, 2.75) is 24.2 Å². The molecule has 8 nitrogen and oxygen atoms in total. The lowest BCUT2D eigenvalue weighted by atomic mass is 9.77. The summed E-state index contributed by atoms with van der Waals surface area (Å²) in [7, 11) is 1.70. The molecule has 4 heterocycles. The zero-order valence-electron chi connectivity index (χ0n) is 18.3. The van der Waals surface area contributed by atoms with Crippen LogP contribution in [0.2, 0.25) is 5.02 Å². The number of halogens is 1. The van der Waals surface area contributed by atoms with Crippen molar-refractivity contribution in [3.05, 3.63) is 53.6 Å². The van der Waals surface area contributed by atoms with Gasteiger partial charge in [0.15, 0.2) is 0 Å². The van der Waals surface area contributed by atoms with Crippen molar-refractivity contribution in [1.29, 1.82) is 0 Å². The lowest BCUT2D eigenvalue weighted by Gasteiger charge is -2.35. The summed E-state index contributed by atoms with van der Waals surface area (Å²) in [5.74, 6) is -2.32. The maximum atomic E-state index is 14.0. The van der Waals surface area contributed by atoms with Crippen LogP contribution in [0.5, 0.6) is 0 Å². The average Bonchev–Trinajstić information content (AvgIpc) is 3.12. The second-order valence-electron chi connectivity index (χ2n) is 8.90. The highest BCUT2D eigenvalue weighted by Gasteiger charge is 2.71. The summed E-state index contributed by atoms with van der Waals surface area (Å²) in [6.45, 7) is 0.770. The number of nitrogens with zero attached hydrogens (tertiary/aromatic N) is 3. The number of rotatable bonds is 4. The Bertz CT molecular complexity index is 1060. The van der Waals surface area contributed by atoms with Crippen LogP contribution in [-0.2, 0) is 19.1 Å². The molecule has 174 valence electrons. The van der Waals surface area contributed by atoms with Gasteiger partial charge in [0.25, 0.3) is 5.91 Å². The topological polar surface area (TPSA) is 90.4 Å². The number of ether oxygens (including phenoxy) is 1. The van der Waals surface area contributed by atoms with E-state index in [2.05, 4.69) is 0 Å². The number of benzene rings is 1. The molecule has 0 bridgehead atoms. The molecule has 3 amide bonds. The molecule has 1 spiro atoms. The predicted molar refractivity (Wildman–Crippen MR) is 122 cm³/mol. The van der Waals surface area contributed by atoms with E-state index < -0.39 is 29.6 Å². The number of anilines is 1. The zero-order valence-corrected chi connectivity index (χ0v) is 19.0. The Labute approximate surface area is 197 Å². The van der Waals surface area contributed by atoms with Crippen molar-refractivity contribution in [2.75, 3.05) is 38.2 Å². The number of likely N-dealkylation sites (N-methyl/N-ethyl adjacent to an activating group) is 1. The Hall–Kier alpha value is -2.68. The van der Waals surface area contributed by atoms with E-state index in [1.54, 1.807) is 47.2 Å². The molecule has 0 saturated carbocycles. The SMILES string of the molecule is CN1CC=C[C@@H]2O[C@]34C=CCN(c5ccccc5Cl)C(=O)C3N(CCCO)C(=O)[C@@H]4[C@@H]2C1=O. The first-order valence-electron chi connectivity index (χ1n) is 11.1. The minimum atomic E-state index is -1.27. The van der Waals surface area contributed by atoms with Crippen LogP contribution in [0.25, 0.3) is 0 Å². The van der Waals surface area contributed by atoms with E-state index in [0.29, 0.717) is 23.7 Å². The largest absolute Gasteiger partial charge is 0.396 e. The highest BCUT2D eigenvalue weighted by atomic mass is 35.5. The first kappa shape index (κ1) is 22.1. The molecular weight excluding hydrogens is 446 g/mol. The molecular formula is C24H26ClN3O5. The van der Waals surface area contributed by atoms with Crippen molar-refractivity contribution >= 4 is 35.0 Å². The van der Waals surface area contributed by atoms with E-state index in [-0.39, 0.29) is 37.4 Å². The molecule has 1 aromatic carbocycles. The maximum Gasteiger partial charge on any atom is 0.253 e. The third-order valence-corrected chi connectivity index (χ3v) is 7.38. The second kappa shape index (κ2) is 8.27. The first-order valence-corrected chi connectivity index (χ1v) is 11.5. The molecule has 1 unspecified atom stereocenters. The molecule has 1 N–H and O–H groups in total. The molecule has 5 rings (SSSR count). The Morgan fingerprint density at radius 3 is 2.67 bits per heavy atom. The molecule has 9 heteroatoms. The lowest BCUT2D eigenvalue weighted by Crippen LogP contribution is -2.55. The Morgan fingerprint density at radius 1 is 1.12 bits per heavy atom. The number of carbonyl (C=O) groups is 3. The molecule has 33 heavy (non-hydrogen) atoms. The van der Waals surface area contributed by atoms with Crippen LogP contribution in [0.15, 0.2) is 48.6 Å². The Balaban J connectivity index is 1.63. The molecule has 2 saturated heterocycles. The van der Waals surface area contributed by atoms with Crippen LogP contribution in [0.4, 0.5) is 5.69 Å². The van der Waals surface area contributed by atoms with Gasteiger partial charge in [-0.1, -0.05) is 48.0 Å². The number of hydrogen-bond donors (Lipinski definition) is 1. The Kier molecular flexibility index (Phi) is 5.55. The fourth-order valence-corrected chi connectivity index (χ4v) is 5.87. The molecule has 0 aromatic heterocycles. The zero-order chi connectivity index (χ0) is 23.3. The van der Waals surface area contributed by atoms with Gasteiger partial charge in [0.05, 0.1) is 28.6 Å². The van der Waals surface area contributed by atoms with Crippen molar-refractivity contribution in [1.82, 2.24) is 9.80 Å². The maximum absolute atomic E-state index is 14.0. The van der Waals surface area contributed by atoms with Gasteiger partial charge < -0.3 is 24.5 Å². The molecule has 0 aliphatic carbocycles. The summed E-state index contributed by atoms with van der Waals surface area (Å²) in [5.41, 5.74) is -0.723. The van der Waals surface area contributed by atoms with Crippen molar-refractivity contribution in [3.63, 3.8) is 0 Å². The highest BCUT2D eigenvalue weighted by Crippen LogP contribution is 2.53. The number of likely N-dealkylation sites (tertiary alicyclic amines) is 1. The fourth-order valence-electron chi connectivity index (χ4n) is 5.63. The number of hydrogen-bond acceptors (Lipinski definition) is 5. The Morgan fingerprint density at radius 2 is 1.91 bits per heavy atom. The van der Waals surface area contributed by atoms with Gasteiger partial charge in [0.2, 0.25) is 11.8 Å². The third kappa shape index (κ3) is 3.23. The van der Waals surface area contributed by atoms with Gasteiger partial charge in [0.1, 0.15) is 11.6 Å². The van der Waals surface area contributed by atoms with Crippen molar-refractivity contribution in [3.8, 4) is 0 Å². The molecule has 2 fully saturated rings. The van der Waals surface area contributed by atoms with Gasteiger partial charge >= 0.3 is 0 Å². The minimum absolute atomic E-state index is 0.121. The summed E-state index contributed by atoms with van der Waals surface area (Å²) < 4.78 is 6.50. The van der Waals surface area contributed by atoms with Crippen LogP contribution in [-0.4, -0.2) is 83.7 Å². The number of fused-ring (bicyclic) bond motifs is 2. The van der Waals surface area contributed by atoms with E-state index >= 15 is 0 Å². The summed E-state index contributed by atoms with van der Waals surface area (Å²) in [4.78, 5) is 45.7. The predicted octanol–water partition coefficient (Wildman–Crippen LogP) is 1.23. The van der Waals surface area contributed by atoms with Crippen LogP contribution in [0, 0.1) is 11.8 Å². The first-order chi connectivity index (χ1) is 15.9. The van der Waals surface area contributed by atoms with Crippen LogP contribution in [0.3, 0.4) is 0 Å². The van der Waals surface area contributed by atoms with E-state index in [1.165, 1.54) is 4.90 Å². The molecule has 0 radical (unpaired) electrons. The minimum Gasteiger partial charge on any atom is -0.396 e. The number of para-hydroxylation sites is 1. The second-order valence-corrected chi connectivity index (χ2v) is 9.31. The van der Waals surface area contributed by atoms with Crippen molar-refractivity contribution in [2.24, 2.45) is 11.8 Å². The molecule has 1 aromatic rings. The van der Waals surface area contributed by atoms with Crippen LogP contribution in [0.1, 0.15) is 6.42 Å². The third-order valence-electron chi connectivity index (χ3n) is 7.06. The molecule has 5 atom stereocenters. The van der Waals surface area contributed by atoms with Gasteiger partial charge in [0, 0.05) is 33.3 Å². The molecule has 4 aliphatic rings. The monoisotopic (exact) mass is 471 g/mol. The van der Waals surface area contributed by atoms with Gasteiger partial charge in [-0.25, -0.2) is 0 Å². The van der Waals surface area contributed by atoms with Crippen LogP contribution >= 0.6 is 11.6 Å². The average molecular weight is 472 g/mol. The van der Waals surface area contributed by atoms with E-state index in [9.17, 15) is 19.5 Å². The number of carbonyl (C=O) groups excluding carboxylic acids is 3. The highest BCUT2D eigenvalue weighted by molar-refractivity contribution is 6.34. The number of aliphatic hydroxyl groups is 1. The molecule has 4 aliphatic heterocycles. The summed E-state index contributed by atoms with van der Waals surface area (Å²) >= 11 is 6.41. The standard InChI is InChI=1S/C24H26ClN3O5/c1-26-11-4-9-17-18(21(26)30)19-22(31)28(13-6-14-29)20-23(32)27(12-5-10-24(19,20)33-17)16-8-3-2-7-15(16)25/h2-5,7-10,17-20,29H,6,11-14H2,1H3/t17-,18+,19-,20?,24-/m0/s1. The van der Waals surface area contributed by atoms with Crippen molar-refractivity contribution < 1.29 is 24.2 Å². The van der Waals surface area contributed by atoms with E-state index in [1.807, 2.05) is 18.2 Å². The summed E-state index contributed by atoms with van der Waals surface area (Å²) in [5, 5.41) is 9.86. The van der Waals surface area contributed by atoms with Crippen LogP contribution < -0.4 is 4.90 Å². The number of aliphatic hydroxyl groups excluding tert-OH is 1. The van der Waals surface area contributed by atoms with E-state index in [0.717, 1.165) is 0 Å². The van der Waals surface area contributed by atoms with E-state index in [4.69, 9.17) is 16.3 Å². The van der Waals surface area contributed by atoms with Gasteiger partial charge in [-0.3, -0.25) is 14.4 Å². The normalized spacial score (nSPS) is 33.2. The fraction of sp³-hybridized carbons (Fsp3) is 0.458. The summed E-state index contributed by atoms with van der Waals surface area (Å²) in [6, 6.07) is 6.10. The smallest absolute Gasteiger partial charge is 0.253 e. The van der Waals surface area contributed by atoms with Gasteiger partial charge in [-0.05, 0) is 18.6 Å². The summed E-state index contributed by atoms with van der Waals surface area (Å²) in [6.07, 6.45) is 7.03.